The third kappa shape index (κ3) is 6.09. The van der Waals surface area contributed by atoms with Gasteiger partial charge in [-0.1, -0.05) is 24.8 Å². The van der Waals surface area contributed by atoms with Crippen molar-refractivity contribution < 1.29 is 28.9 Å². The van der Waals surface area contributed by atoms with Gasteiger partial charge in [-0.15, -0.1) is 0 Å². The average molecular weight is 521 g/mol. The Morgan fingerprint density at radius 3 is 2.42 bits per heavy atom. The Morgan fingerprint density at radius 1 is 1.11 bits per heavy atom. The van der Waals surface area contributed by atoms with E-state index in [4.69, 9.17) is 14.2 Å². The molecule has 1 atom stereocenters. The van der Waals surface area contributed by atoms with Crippen LogP contribution < -0.4 is 9.47 Å². The third-order valence-electron chi connectivity index (χ3n) is 6.69. The Kier molecular flexibility index (Phi) is 8.86. The molecule has 2 aliphatic rings. The molecule has 1 N–H and O–H groups in total. The van der Waals surface area contributed by atoms with Crippen LogP contribution in [0.1, 0.15) is 36.6 Å². The summed E-state index contributed by atoms with van der Waals surface area (Å²) in [4.78, 5) is 30.5. The van der Waals surface area contributed by atoms with Crippen LogP contribution in [0.15, 0.2) is 60.7 Å². The number of likely N-dealkylation sites (tertiary alicyclic amines) is 1. The van der Waals surface area contributed by atoms with Crippen LogP contribution in [-0.2, 0) is 14.3 Å². The van der Waals surface area contributed by atoms with Gasteiger partial charge in [0.05, 0.1) is 30.9 Å². The number of Topliss-reactive ketones (excluding diaryl/α,β-unsaturated/α-hetero) is 1. The SMILES string of the molecule is C=CCOc1ccc(C2/C(=C(\O)c3ccc(OC(C)C)cc3C)C(=O)C(=O)N2CCN2CCOCC2)cc1. The van der Waals surface area contributed by atoms with Crippen LogP contribution >= 0.6 is 0 Å². The fourth-order valence-corrected chi connectivity index (χ4v) is 4.83. The zero-order valence-electron chi connectivity index (χ0n) is 22.3. The minimum Gasteiger partial charge on any atom is -0.507 e. The quantitative estimate of drug-likeness (QED) is 0.218. The number of hydrogen-bond acceptors (Lipinski definition) is 7. The lowest BCUT2D eigenvalue weighted by atomic mass is 9.94. The van der Waals surface area contributed by atoms with Crippen molar-refractivity contribution in [2.75, 3.05) is 46.0 Å². The van der Waals surface area contributed by atoms with Crippen LogP contribution in [0.3, 0.4) is 0 Å². The van der Waals surface area contributed by atoms with Gasteiger partial charge in [-0.25, -0.2) is 0 Å². The number of ether oxygens (including phenoxy) is 3. The van der Waals surface area contributed by atoms with E-state index < -0.39 is 17.7 Å². The van der Waals surface area contributed by atoms with Crippen molar-refractivity contribution in [3.05, 3.63) is 77.4 Å². The van der Waals surface area contributed by atoms with E-state index >= 15 is 0 Å². The van der Waals surface area contributed by atoms with Crippen molar-refractivity contribution >= 4 is 17.4 Å². The van der Waals surface area contributed by atoms with Gasteiger partial charge in [0.25, 0.3) is 11.7 Å². The minimum absolute atomic E-state index is 0.00377. The average Bonchev–Trinajstić information content (AvgIpc) is 3.16. The first kappa shape index (κ1) is 27.4. The number of aliphatic hydroxyl groups is 1. The van der Waals surface area contributed by atoms with E-state index in [9.17, 15) is 14.7 Å². The molecule has 0 aliphatic carbocycles. The first-order valence-corrected chi connectivity index (χ1v) is 13.0. The van der Waals surface area contributed by atoms with Gasteiger partial charge >= 0.3 is 0 Å². The number of rotatable bonds is 10. The highest BCUT2D eigenvalue weighted by atomic mass is 16.5. The maximum Gasteiger partial charge on any atom is 0.295 e. The lowest BCUT2D eigenvalue weighted by molar-refractivity contribution is -0.140. The van der Waals surface area contributed by atoms with Gasteiger partial charge in [0, 0.05) is 31.7 Å². The zero-order chi connectivity index (χ0) is 27.2. The third-order valence-corrected chi connectivity index (χ3v) is 6.69. The minimum atomic E-state index is -0.726. The molecule has 2 aromatic carbocycles. The van der Waals surface area contributed by atoms with Crippen LogP contribution in [0, 0.1) is 6.92 Å². The first-order chi connectivity index (χ1) is 18.3. The second-order valence-corrected chi connectivity index (χ2v) is 9.76. The number of nitrogens with zero attached hydrogens (tertiary/aromatic N) is 2. The largest absolute Gasteiger partial charge is 0.507 e. The first-order valence-electron chi connectivity index (χ1n) is 13.0. The van der Waals surface area contributed by atoms with E-state index in [1.165, 1.54) is 0 Å². The highest BCUT2D eigenvalue weighted by Crippen LogP contribution is 2.40. The molecule has 0 aromatic heterocycles. The van der Waals surface area contributed by atoms with Crippen molar-refractivity contribution in [2.24, 2.45) is 0 Å². The molecule has 0 spiro atoms. The van der Waals surface area contributed by atoms with Gasteiger partial charge in [0.2, 0.25) is 0 Å². The number of carbonyl (C=O) groups is 2. The Labute approximate surface area is 224 Å². The second-order valence-electron chi connectivity index (χ2n) is 9.76. The Hall–Kier alpha value is -3.62. The van der Waals surface area contributed by atoms with Gasteiger partial charge in [0.15, 0.2) is 0 Å². The highest BCUT2D eigenvalue weighted by molar-refractivity contribution is 6.46. The van der Waals surface area contributed by atoms with Crippen LogP contribution in [0.2, 0.25) is 0 Å². The monoisotopic (exact) mass is 520 g/mol. The number of morpholine rings is 1. The van der Waals surface area contributed by atoms with Gasteiger partial charge < -0.3 is 24.2 Å². The summed E-state index contributed by atoms with van der Waals surface area (Å²) >= 11 is 0. The van der Waals surface area contributed by atoms with E-state index in [0.29, 0.717) is 50.0 Å². The normalized spacial score (nSPS) is 19.7. The molecule has 38 heavy (non-hydrogen) atoms. The summed E-state index contributed by atoms with van der Waals surface area (Å²) in [5.41, 5.74) is 2.03. The molecule has 2 saturated heterocycles. The molecule has 0 saturated carbocycles. The summed E-state index contributed by atoms with van der Waals surface area (Å²) < 4.78 is 16.8. The number of aryl methyl sites for hydroxylation is 1. The Bertz CT molecular complexity index is 1200. The van der Waals surface area contributed by atoms with Crippen molar-refractivity contribution in [3.8, 4) is 11.5 Å². The number of benzene rings is 2. The summed E-state index contributed by atoms with van der Waals surface area (Å²) in [7, 11) is 0. The topological polar surface area (TPSA) is 88.5 Å². The van der Waals surface area contributed by atoms with Gasteiger partial charge in [-0.3, -0.25) is 14.5 Å². The van der Waals surface area contributed by atoms with Crippen LogP contribution in [0.5, 0.6) is 11.5 Å². The highest BCUT2D eigenvalue weighted by Gasteiger charge is 2.46. The Morgan fingerprint density at radius 2 is 1.79 bits per heavy atom. The fourth-order valence-electron chi connectivity index (χ4n) is 4.83. The molecule has 8 nitrogen and oxygen atoms in total. The number of amides is 1. The Balaban J connectivity index is 1.72. The molecule has 1 unspecified atom stereocenters. The predicted octanol–water partition coefficient (Wildman–Crippen LogP) is 4.10. The molecule has 0 bridgehead atoms. The molecular formula is C30H36N2O6. The number of ketones is 1. The molecule has 1 amide bonds. The maximum atomic E-state index is 13.4. The smallest absolute Gasteiger partial charge is 0.295 e. The van der Waals surface area contributed by atoms with Crippen molar-refractivity contribution in [2.45, 2.75) is 32.9 Å². The van der Waals surface area contributed by atoms with E-state index in [1.54, 1.807) is 35.2 Å². The molecule has 2 aromatic rings. The van der Waals surface area contributed by atoms with E-state index in [0.717, 1.165) is 24.2 Å². The molecular weight excluding hydrogens is 484 g/mol. The molecule has 0 radical (unpaired) electrons. The number of aliphatic hydroxyl groups excluding tert-OH is 1. The van der Waals surface area contributed by atoms with Crippen LogP contribution in [-0.4, -0.2) is 78.7 Å². The molecule has 2 heterocycles. The van der Waals surface area contributed by atoms with Crippen molar-refractivity contribution in [3.63, 3.8) is 0 Å². The molecule has 202 valence electrons. The lowest BCUT2D eigenvalue weighted by Crippen LogP contribution is -2.42. The summed E-state index contributed by atoms with van der Waals surface area (Å²) in [5.74, 6) is -0.178. The predicted molar refractivity (Wildman–Crippen MR) is 145 cm³/mol. The molecule has 8 heteroatoms. The number of carbonyl (C=O) groups excluding carboxylic acids is 2. The fraction of sp³-hybridized carbons (Fsp3) is 0.400. The summed E-state index contributed by atoms with van der Waals surface area (Å²) in [5, 5.41) is 11.5. The summed E-state index contributed by atoms with van der Waals surface area (Å²) in [6, 6.07) is 11.8. The number of hydrogen-bond donors (Lipinski definition) is 1. The van der Waals surface area contributed by atoms with Crippen molar-refractivity contribution in [1.82, 2.24) is 9.80 Å². The standard InChI is InChI=1S/C30H36N2O6/c1-5-16-37-23-8-6-22(7-9-23)27-26(28(33)25-11-10-24(19-21(25)4)38-20(2)3)29(34)30(35)32(27)13-12-31-14-17-36-18-15-31/h5-11,19-20,27,33H,1,12-18H2,2-4H3/b28-26+. The van der Waals surface area contributed by atoms with Gasteiger partial charge in [-0.05, 0) is 62.2 Å². The second kappa shape index (κ2) is 12.3. The van der Waals surface area contributed by atoms with Crippen molar-refractivity contribution in [1.29, 1.82) is 0 Å². The maximum absolute atomic E-state index is 13.4. The van der Waals surface area contributed by atoms with E-state index in [2.05, 4.69) is 11.5 Å². The van der Waals surface area contributed by atoms with E-state index in [1.807, 2.05) is 39.0 Å². The molecule has 2 aliphatic heterocycles. The molecule has 4 rings (SSSR count). The van der Waals surface area contributed by atoms with Gasteiger partial charge in [-0.2, -0.15) is 0 Å². The van der Waals surface area contributed by atoms with E-state index in [-0.39, 0.29) is 17.4 Å². The van der Waals surface area contributed by atoms with Crippen LogP contribution in [0.4, 0.5) is 0 Å². The molecule has 2 fully saturated rings. The lowest BCUT2D eigenvalue weighted by Gasteiger charge is -2.31. The van der Waals surface area contributed by atoms with Crippen LogP contribution in [0.25, 0.3) is 5.76 Å². The zero-order valence-corrected chi connectivity index (χ0v) is 22.3. The summed E-state index contributed by atoms with van der Waals surface area (Å²) in [6.45, 7) is 13.5. The van der Waals surface area contributed by atoms with Gasteiger partial charge in [0.1, 0.15) is 23.9 Å². The summed E-state index contributed by atoms with van der Waals surface area (Å²) in [6.07, 6.45) is 1.66.